The van der Waals surface area contributed by atoms with Crippen molar-refractivity contribution < 1.29 is 4.42 Å². The van der Waals surface area contributed by atoms with Gasteiger partial charge in [0.25, 0.3) is 0 Å². The summed E-state index contributed by atoms with van der Waals surface area (Å²) in [6.07, 6.45) is 0. The van der Waals surface area contributed by atoms with Crippen LogP contribution in [0, 0.1) is 11.3 Å². The summed E-state index contributed by atoms with van der Waals surface area (Å²) in [5, 5.41) is 15.3. The van der Waals surface area contributed by atoms with Gasteiger partial charge in [0.1, 0.15) is 11.7 Å². The van der Waals surface area contributed by atoms with E-state index in [2.05, 4.69) is 89.1 Å². The molecule has 0 saturated heterocycles. The van der Waals surface area contributed by atoms with Crippen LogP contribution in [0.25, 0.3) is 33.1 Å². The maximum atomic E-state index is 9.98. The number of nitrogens with one attached hydrogen (secondary N) is 1. The SMILES string of the molecule is N#Cc1ccc(N(c2ccccc2)c2ccccc2)c2c1oc1ccc(-c3cccc(Nc4ccccc4)c3)cc12. The summed E-state index contributed by atoms with van der Waals surface area (Å²) in [6, 6.07) is 51.5. The molecule has 0 atom stereocenters. The van der Waals surface area contributed by atoms with Crippen molar-refractivity contribution in [3.63, 3.8) is 0 Å². The van der Waals surface area contributed by atoms with Gasteiger partial charge in [0.2, 0.25) is 0 Å². The lowest BCUT2D eigenvalue weighted by molar-refractivity contribution is 0.667. The number of nitrogens with zero attached hydrogens (tertiary/aromatic N) is 2. The van der Waals surface area contributed by atoms with Gasteiger partial charge in [-0.15, -0.1) is 0 Å². The predicted molar refractivity (Wildman–Crippen MR) is 168 cm³/mol. The van der Waals surface area contributed by atoms with Crippen molar-refractivity contribution in [3.05, 3.63) is 151 Å². The first kappa shape index (κ1) is 24.3. The van der Waals surface area contributed by atoms with Crippen LogP contribution in [0.3, 0.4) is 0 Å². The molecule has 0 unspecified atom stereocenters. The van der Waals surface area contributed by atoms with Gasteiger partial charge in [0.15, 0.2) is 5.58 Å². The molecule has 0 radical (unpaired) electrons. The van der Waals surface area contributed by atoms with E-state index in [0.717, 1.165) is 55.9 Å². The third kappa shape index (κ3) is 4.56. The van der Waals surface area contributed by atoms with E-state index in [1.807, 2.05) is 72.8 Å². The number of furan rings is 1. The molecule has 0 bridgehead atoms. The molecule has 1 aromatic heterocycles. The largest absolute Gasteiger partial charge is 0.455 e. The Morgan fingerprint density at radius 3 is 1.90 bits per heavy atom. The van der Waals surface area contributed by atoms with Gasteiger partial charge in [-0.3, -0.25) is 0 Å². The number of anilines is 5. The number of hydrogen-bond donors (Lipinski definition) is 1. The molecule has 1 heterocycles. The molecule has 4 nitrogen and oxygen atoms in total. The average Bonchev–Trinajstić information content (AvgIpc) is 3.42. The topological polar surface area (TPSA) is 52.2 Å². The van der Waals surface area contributed by atoms with Gasteiger partial charge in [-0.1, -0.05) is 72.8 Å². The molecule has 41 heavy (non-hydrogen) atoms. The Labute approximate surface area is 238 Å². The Balaban J connectivity index is 1.42. The third-order valence-electron chi connectivity index (χ3n) is 7.25. The Kier molecular flexibility index (Phi) is 6.16. The van der Waals surface area contributed by atoms with E-state index in [9.17, 15) is 5.26 Å². The van der Waals surface area contributed by atoms with Gasteiger partial charge in [-0.25, -0.2) is 0 Å². The van der Waals surface area contributed by atoms with E-state index in [0.29, 0.717) is 11.1 Å². The van der Waals surface area contributed by atoms with Crippen LogP contribution in [-0.4, -0.2) is 0 Å². The van der Waals surface area contributed by atoms with Crippen LogP contribution in [-0.2, 0) is 0 Å². The Morgan fingerprint density at radius 2 is 1.22 bits per heavy atom. The highest BCUT2D eigenvalue weighted by Crippen LogP contribution is 2.44. The molecule has 7 aromatic rings. The highest BCUT2D eigenvalue weighted by atomic mass is 16.3. The maximum Gasteiger partial charge on any atom is 0.155 e. The fourth-order valence-corrected chi connectivity index (χ4v) is 5.36. The second-order valence-electron chi connectivity index (χ2n) is 9.84. The number of para-hydroxylation sites is 3. The highest BCUT2D eigenvalue weighted by Gasteiger charge is 2.21. The van der Waals surface area contributed by atoms with Crippen molar-refractivity contribution in [2.75, 3.05) is 10.2 Å². The monoisotopic (exact) mass is 527 g/mol. The fourth-order valence-electron chi connectivity index (χ4n) is 5.36. The van der Waals surface area contributed by atoms with Crippen molar-refractivity contribution in [2.24, 2.45) is 0 Å². The Bertz CT molecular complexity index is 1990. The van der Waals surface area contributed by atoms with Crippen LogP contribution >= 0.6 is 0 Å². The highest BCUT2D eigenvalue weighted by molar-refractivity contribution is 6.15. The molecule has 0 fully saturated rings. The van der Waals surface area contributed by atoms with E-state index in [1.165, 1.54) is 0 Å². The minimum atomic E-state index is 0.511. The van der Waals surface area contributed by atoms with Crippen LogP contribution in [0.2, 0.25) is 0 Å². The van der Waals surface area contributed by atoms with Gasteiger partial charge in [-0.2, -0.15) is 5.26 Å². The van der Waals surface area contributed by atoms with E-state index in [1.54, 1.807) is 0 Å². The zero-order valence-corrected chi connectivity index (χ0v) is 22.2. The van der Waals surface area contributed by atoms with Crippen LogP contribution < -0.4 is 10.2 Å². The quantitative estimate of drug-likeness (QED) is 0.234. The minimum Gasteiger partial charge on any atom is -0.455 e. The molecule has 0 amide bonds. The molecule has 0 aliphatic rings. The Morgan fingerprint density at radius 1 is 0.585 bits per heavy atom. The zero-order valence-electron chi connectivity index (χ0n) is 22.2. The fraction of sp³-hybridized carbons (Fsp3) is 0. The van der Waals surface area contributed by atoms with E-state index in [-0.39, 0.29) is 0 Å². The van der Waals surface area contributed by atoms with Crippen molar-refractivity contribution in [3.8, 4) is 17.2 Å². The summed E-state index contributed by atoms with van der Waals surface area (Å²) in [6.45, 7) is 0. The number of rotatable bonds is 6. The summed E-state index contributed by atoms with van der Waals surface area (Å²) in [4.78, 5) is 2.22. The van der Waals surface area contributed by atoms with Crippen LogP contribution in [0.1, 0.15) is 5.56 Å². The van der Waals surface area contributed by atoms with Crippen molar-refractivity contribution in [2.45, 2.75) is 0 Å². The minimum absolute atomic E-state index is 0.511. The first-order chi connectivity index (χ1) is 20.3. The molecule has 0 saturated carbocycles. The molecule has 7 rings (SSSR count). The zero-order chi connectivity index (χ0) is 27.6. The van der Waals surface area contributed by atoms with Crippen molar-refractivity contribution in [1.29, 1.82) is 5.26 Å². The molecular weight excluding hydrogens is 502 g/mol. The normalized spacial score (nSPS) is 10.9. The van der Waals surface area contributed by atoms with E-state index in [4.69, 9.17) is 4.42 Å². The van der Waals surface area contributed by atoms with Gasteiger partial charge in [-0.05, 0) is 83.9 Å². The second-order valence-corrected chi connectivity index (χ2v) is 9.84. The lowest BCUT2D eigenvalue weighted by Crippen LogP contribution is -2.10. The van der Waals surface area contributed by atoms with Crippen LogP contribution in [0.5, 0.6) is 0 Å². The van der Waals surface area contributed by atoms with Gasteiger partial charge in [0, 0.05) is 28.1 Å². The number of hydrogen-bond acceptors (Lipinski definition) is 4. The molecule has 0 aliphatic carbocycles. The molecular formula is C37H25N3O. The number of nitriles is 1. The summed E-state index contributed by atoms with van der Waals surface area (Å²) in [5.74, 6) is 0. The first-order valence-electron chi connectivity index (χ1n) is 13.5. The molecule has 4 heteroatoms. The predicted octanol–water partition coefficient (Wildman–Crippen LogP) is 10.3. The molecule has 0 aliphatic heterocycles. The van der Waals surface area contributed by atoms with Crippen LogP contribution in [0.4, 0.5) is 28.4 Å². The summed E-state index contributed by atoms with van der Waals surface area (Å²) >= 11 is 0. The van der Waals surface area contributed by atoms with Crippen molar-refractivity contribution in [1.82, 2.24) is 0 Å². The number of fused-ring (bicyclic) bond motifs is 3. The van der Waals surface area contributed by atoms with E-state index >= 15 is 0 Å². The third-order valence-corrected chi connectivity index (χ3v) is 7.25. The summed E-state index contributed by atoms with van der Waals surface area (Å²) in [5.41, 5.74) is 9.04. The maximum absolute atomic E-state index is 9.98. The Hall–Kier alpha value is -5.79. The van der Waals surface area contributed by atoms with Gasteiger partial charge in [0.05, 0.1) is 16.6 Å². The standard InChI is InChI=1S/C37H25N3O/c38-25-28-19-21-34(40(31-15-6-2-7-16-31)32-17-8-3-9-18-32)36-33-24-27(20-22-35(33)41-37(28)36)26-11-10-14-30(23-26)39-29-12-4-1-5-13-29/h1-24,39H. The van der Waals surface area contributed by atoms with Gasteiger partial charge < -0.3 is 14.6 Å². The van der Waals surface area contributed by atoms with E-state index < -0.39 is 0 Å². The summed E-state index contributed by atoms with van der Waals surface area (Å²) < 4.78 is 6.37. The molecule has 0 spiro atoms. The first-order valence-corrected chi connectivity index (χ1v) is 13.5. The number of benzene rings is 6. The lowest BCUT2D eigenvalue weighted by atomic mass is 10.00. The average molecular weight is 528 g/mol. The van der Waals surface area contributed by atoms with Gasteiger partial charge >= 0.3 is 0 Å². The van der Waals surface area contributed by atoms with Crippen LogP contribution in [0.15, 0.2) is 150 Å². The second kappa shape index (κ2) is 10.4. The molecule has 1 N–H and O–H groups in total. The summed E-state index contributed by atoms with van der Waals surface area (Å²) in [7, 11) is 0. The molecule has 194 valence electrons. The van der Waals surface area contributed by atoms with Crippen molar-refractivity contribution >= 4 is 50.4 Å². The smallest absolute Gasteiger partial charge is 0.155 e. The lowest BCUT2D eigenvalue weighted by Gasteiger charge is -2.26. The molecule has 6 aromatic carbocycles.